The third-order valence-electron chi connectivity index (χ3n) is 16.0. The molecule has 76 heavy (non-hydrogen) atoms. The van der Waals surface area contributed by atoms with Crippen LogP contribution in [0.3, 0.4) is 0 Å². The number of fused-ring (bicyclic) bond motifs is 12. The zero-order chi connectivity index (χ0) is 50.8. The number of benzene rings is 12. The summed E-state index contributed by atoms with van der Waals surface area (Å²) in [6.45, 7) is 8.82. The summed E-state index contributed by atoms with van der Waals surface area (Å²) in [5, 5.41) is 9.21. The van der Waals surface area contributed by atoms with Crippen molar-refractivity contribution >= 4 is 99.5 Å². The highest BCUT2D eigenvalue weighted by atomic mass is 16.3. The van der Waals surface area contributed by atoms with E-state index >= 15 is 0 Å². The molecule has 1 aliphatic rings. The van der Waals surface area contributed by atoms with Gasteiger partial charge in [0.15, 0.2) is 11.2 Å². The van der Waals surface area contributed by atoms with Crippen molar-refractivity contribution in [1.29, 1.82) is 0 Å². The zero-order valence-corrected chi connectivity index (χ0v) is 42.7. The monoisotopic (exact) mass is 974 g/mol. The molecule has 0 aliphatic heterocycles. The zero-order valence-electron chi connectivity index (χ0n) is 42.7. The first-order valence-electron chi connectivity index (χ1n) is 26.2. The summed E-state index contributed by atoms with van der Waals surface area (Å²) < 4.78 is 13.7. The molecule has 0 fully saturated rings. The van der Waals surface area contributed by atoms with E-state index in [-0.39, 0.29) is 0 Å². The third kappa shape index (κ3) is 6.84. The van der Waals surface area contributed by atoms with Gasteiger partial charge >= 0.3 is 0 Å². The lowest BCUT2D eigenvalue weighted by Gasteiger charge is -2.30. The molecule has 0 spiro atoms. The Kier molecular flexibility index (Phi) is 9.79. The van der Waals surface area contributed by atoms with Crippen molar-refractivity contribution in [3.05, 3.63) is 253 Å². The lowest BCUT2D eigenvalue weighted by atomic mass is 9.78. The van der Waals surface area contributed by atoms with Gasteiger partial charge in [0.05, 0.1) is 11.4 Å². The maximum Gasteiger partial charge on any atom is 0.159 e. The normalized spacial score (nSPS) is 11.9. The Bertz CT molecular complexity index is 4400. The molecule has 360 valence electrons. The molecule has 4 nitrogen and oxygen atoms in total. The van der Waals surface area contributed by atoms with Gasteiger partial charge in [-0.25, -0.2) is 0 Å². The lowest BCUT2D eigenvalue weighted by Crippen LogP contribution is -2.13. The number of hydrogen-bond donors (Lipinski definition) is 0. The van der Waals surface area contributed by atoms with Crippen LogP contribution in [0.25, 0.3) is 110 Å². The van der Waals surface area contributed by atoms with Gasteiger partial charge in [0.2, 0.25) is 0 Å². The Morgan fingerprint density at radius 1 is 0.276 bits per heavy atom. The molecule has 14 aromatic rings. The van der Waals surface area contributed by atoms with Crippen molar-refractivity contribution in [3.8, 4) is 44.5 Å². The van der Waals surface area contributed by atoms with Gasteiger partial charge in [-0.1, -0.05) is 158 Å². The van der Waals surface area contributed by atoms with Gasteiger partial charge in [0.1, 0.15) is 11.2 Å². The average Bonchev–Trinajstić information content (AvgIpc) is 4.07. The van der Waals surface area contributed by atoms with Gasteiger partial charge in [0, 0.05) is 44.3 Å². The van der Waals surface area contributed by atoms with Crippen molar-refractivity contribution in [2.24, 2.45) is 0 Å². The van der Waals surface area contributed by atoms with Crippen LogP contribution >= 0.6 is 0 Å². The van der Waals surface area contributed by atoms with Crippen molar-refractivity contribution in [2.45, 2.75) is 27.7 Å². The molecular weight excluding hydrogens is 925 g/mol. The Morgan fingerprint density at radius 2 is 0.658 bits per heavy atom. The van der Waals surface area contributed by atoms with Crippen molar-refractivity contribution in [3.63, 3.8) is 0 Å². The van der Waals surface area contributed by atoms with E-state index in [2.05, 4.69) is 256 Å². The first kappa shape index (κ1) is 43.9. The maximum absolute atomic E-state index is 6.84. The molecule has 0 unspecified atom stereocenters. The van der Waals surface area contributed by atoms with Crippen molar-refractivity contribution < 1.29 is 8.83 Å². The third-order valence-corrected chi connectivity index (χ3v) is 16.0. The summed E-state index contributed by atoms with van der Waals surface area (Å²) in [5.74, 6) is 0. The van der Waals surface area contributed by atoms with E-state index in [0.29, 0.717) is 0 Å². The SMILES string of the molecule is Cc1ccc(-c2ccccc2)cc1N(c1ccc2cc3c(cc2c1)-c1cc2cc(N(c4cc(-c5ccccc5)ccc4C)c4c(C)ccc5c4oc4ccccc45)ccc2cc1-3)c1c(C)ccc2c1oc1ccccc12. The van der Waals surface area contributed by atoms with E-state index in [1.807, 2.05) is 12.1 Å². The molecule has 15 rings (SSSR count). The van der Waals surface area contributed by atoms with Crippen LogP contribution < -0.4 is 9.80 Å². The van der Waals surface area contributed by atoms with E-state index in [1.54, 1.807) is 0 Å². The van der Waals surface area contributed by atoms with Crippen LogP contribution in [0.15, 0.2) is 239 Å². The number of nitrogens with zero attached hydrogens (tertiary/aromatic N) is 2. The topological polar surface area (TPSA) is 32.8 Å². The van der Waals surface area contributed by atoms with E-state index in [0.717, 1.165) is 100 Å². The lowest BCUT2D eigenvalue weighted by molar-refractivity contribution is 0.668. The predicted molar refractivity (Wildman–Crippen MR) is 320 cm³/mol. The number of para-hydroxylation sites is 2. The first-order valence-corrected chi connectivity index (χ1v) is 26.2. The van der Waals surface area contributed by atoms with Gasteiger partial charge in [-0.05, 0) is 189 Å². The van der Waals surface area contributed by atoms with E-state index in [1.165, 1.54) is 66.1 Å². The molecule has 2 aromatic heterocycles. The minimum atomic E-state index is 0.880. The van der Waals surface area contributed by atoms with Gasteiger partial charge in [-0.2, -0.15) is 0 Å². The molecular formula is C72H50N2O2. The second-order valence-corrected chi connectivity index (χ2v) is 20.7. The molecule has 0 radical (unpaired) electrons. The van der Waals surface area contributed by atoms with Crippen LogP contribution in [0.1, 0.15) is 22.3 Å². The van der Waals surface area contributed by atoms with Crippen LogP contribution in [-0.4, -0.2) is 0 Å². The van der Waals surface area contributed by atoms with Crippen LogP contribution in [0.5, 0.6) is 0 Å². The number of hydrogen-bond acceptors (Lipinski definition) is 4. The number of aryl methyl sites for hydroxylation is 4. The number of furan rings is 2. The maximum atomic E-state index is 6.84. The van der Waals surface area contributed by atoms with E-state index < -0.39 is 0 Å². The van der Waals surface area contributed by atoms with Gasteiger partial charge in [-0.15, -0.1) is 0 Å². The minimum absolute atomic E-state index is 0.880. The molecule has 0 bridgehead atoms. The molecule has 2 heterocycles. The molecule has 0 atom stereocenters. The molecule has 0 amide bonds. The summed E-state index contributed by atoms with van der Waals surface area (Å²) in [7, 11) is 0. The fourth-order valence-electron chi connectivity index (χ4n) is 12.1. The highest BCUT2D eigenvalue weighted by Gasteiger charge is 2.28. The highest BCUT2D eigenvalue weighted by Crippen LogP contribution is 2.53. The second-order valence-electron chi connectivity index (χ2n) is 20.7. The Morgan fingerprint density at radius 3 is 1.09 bits per heavy atom. The molecule has 1 aliphatic carbocycles. The Hall–Kier alpha value is -9.64. The Labute approximate surface area is 440 Å². The Balaban J connectivity index is 0.885. The van der Waals surface area contributed by atoms with E-state index in [9.17, 15) is 0 Å². The first-order chi connectivity index (χ1) is 37.3. The standard InChI is InChI=1S/C72H50N2O2/c1-43-23-27-51(47-15-7-5-8-16-47)41-65(43)73(69-45(3)25-33-59-57-19-11-13-21-67(57)75-71(59)69)55-31-29-49-37-61-62-38-50-30-32-56(36-54(50)40-64(62)63(61)39-53(49)35-55)74(66-42-52(28-24-44(66)2)48-17-9-6-10-18-48)70-46(4)26-34-60-58-20-12-14-22-68(58)76-72(60)70/h5-42H,1-4H3. The summed E-state index contributed by atoms with van der Waals surface area (Å²) in [5.41, 5.74) is 24.4. The van der Waals surface area contributed by atoms with Crippen molar-refractivity contribution in [1.82, 2.24) is 0 Å². The van der Waals surface area contributed by atoms with E-state index in [4.69, 9.17) is 8.83 Å². The largest absolute Gasteiger partial charge is 0.454 e. The van der Waals surface area contributed by atoms with Gasteiger partial charge in [0.25, 0.3) is 0 Å². The molecule has 12 aromatic carbocycles. The molecule has 4 heteroatoms. The number of rotatable bonds is 8. The summed E-state index contributed by atoms with van der Waals surface area (Å²) in [4.78, 5) is 4.86. The number of anilines is 6. The van der Waals surface area contributed by atoms with Crippen molar-refractivity contribution in [2.75, 3.05) is 9.80 Å². The molecule has 0 N–H and O–H groups in total. The smallest absolute Gasteiger partial charge is 0.159 e. The van der Waals surface area contributed by atoms with Gasteiger partial charge < -0.3 is 18.6 Å². The predicted octanol–water partition coefficient (Wildman–Crippen LogP) is 20.9. The fraction of sp³-hybridized carbons (Fsp3) is 0.0556. The van der Waals surface area contributed by atoms with Crippen LogP contribution in [0.2, 0.25) is 0 Å². The highest BCUT2D eigenvalue weighted by molar-refractivity contribution is 6.15. The molecule has 0 saturated carbocycles. The second kappa shape index (κ2) is 17.0. The summed E-state index contributed by atoms with van der Waals surface area (Å²) in [6.07, 6.45) is 0. The summed E-state index contributed by atoms with van der Waals surface area (Å²) in [6, 6.07) is 84.1. The fourth-order valence-corrected chi connectivity index (χ4v) is 12.1. The minimum Gasteiger partial charge on any atom is -0.454 e. The quantitative estimate of drug-likeness (QED) is 0.152. The molecule has 0 saturated heterocycles. The van der Waals surface area contributed by atoms with Gasteiger partial charge in [-0.3, -0.25) is 0 Å². The summed E-state index contributed by atoms with van der Waals surface area (Å²) >= 11 is 0. The van der Waals surface area contributed by atoms with Crippen LogP contribution in [0, 0.1) is 27.7 Å². The van der Waals surface area contributed by atoms with Crippen LogP contribution in [0.4, 0.5) is 34.1 Å². The average molecular weight is 975 g/mol. The van der Waals surface area contributed by atoms with Crippen LogP contribution in [-0.2, 0) is 0 Å².